The lowest BCUT2D eigenvalue weighted by Crippen LogP contribution is -2.32. The molecule has 2 fully saturated rings. The van der Waals surface area contributed by atoms with Gasteiger partial charge in [-0.05, 0) is 62.1 Å². The van der Waals surface area contributed by atoms with Gasteiger partial charge < -0.3 is 14.5 Å². The molecule has 0 unspecified atom stereocenters. The summed E-state index contributed by atoms with van der Waals surface area (Å²) < 4.78 is 5.57. The maximum absolute atomic E-state index is 12.7. The number of esters is 1. The lowest BCUT2D eigenvalue weighted by molar-refractivity contribution is -0.117. The summed E-state index contributed by atoms with van der Waals surface area (Å²) in [6.07, 6.45) is 6.63. The molecule has 0 bridgehead atoms. The Balaban J connectivity index is 1.48. The fraction of sp³-hybridized carbons (Fsp3) is 0.381. The van der Waals surface area contributed by atoms with E-state index in [2.05, 4.69) is 9.88 Å². The second kappa shape index (κ2) is 7.78. The van der Waals surface area contributed by atoms with E-state index in [0.717, 1.165) is 44.6 Å². The number of rotatable bonds is 4. The monoisotopic (exact) mass is 365 g/mol. The topological polar surface area (TPSA) is 62.7 Å². The third kappa shape index (κ3) is 3.79. The van der Waals surface area contributed by atoms with Gasteiger partial charge in [0.25, 0.3) is 0 Å². The van der Waals surface area contributed by atoms with Crippen molar-refractivity contribution in [2.24, 2.45) is 0 Å². The SMILES string of the molecule is O=C(Oc1ccc(N2CCCC2=O)cc1)c1cccnc1N1CCCCC1. The van der Waals surface area contributed by atoms with Crippen LogP contribution in [0, 0.1) is 0 Å². The Hall–Kier alpha value is -2.89. The van der Waals surface area contributed by atoms with Crippen LogP contribution in [0.3, 0.4) is 0 Å². The number of benzene rings is 1. The number of anilines is 2. The molecule has 27 heavy (non-hydrogen) atoms. The summed E-state index contributed by atoms with van der Waals surface area (Å²) in [5, 5.41) is 0. The van der Waals surface area contributed by atoms with Crippen molar-refractivity contribution in [3.63, 3.8) is 0 Å². The zero-order valence-electron chi connectivity index (χ0n) is 15.3. The molecule has 6 nitrogen and oxygen atoms in total. The van der Waals surface area contributed by atoms with Crippen LogP contribution in [0.5, 0.6) is 5.75 Å². The molecule has 0 atom stereocenters. The molecule has 0 radical (unpaired) electrons. The molecule has 1 amide bonds. The van der Waals surface area contributed by atoms with Crippen LogP contribution >= 0.6 is 0 Å². The molecule has 140 valence electrons. The number of hydrogen-bond acceptors (Lipinski definition) is 5. The first-order chi connectivity index (χ1) is 13.2. The zero-order valence-corrected chi connectivity index (χ0v) is 15.3. The summed E-state index contributed by atoms with van der Waals surface area (Å²) in [5.41, 5.74) is 1.32. The Morgan fingerprint density at radius 1 is 0.963 bits per heavy atom. The number of piperidine rings is 1. The Morgan fingerprint density at radius 2 is 1.74 bits per heavy atom. The second-order valence-corrected chi connectivity index (χ2v) is 6.95. The third-order valence-electron chi connectivity index (χ3n) is 5.09. The lowest BCUT2D eigenvalue weighted by atomic mass is 10.1. The standard InChI is InChI=1S/C21H23N3O3/c25-19-7-5-15-24(19)16-8-10-17(11-9-16)27-21(26)18-6-4-12-22-20(18)23-13-2-1-3-14-23/h4,6,8-12H,1-3,5,7,13-15H2. The first-order valence-electron chi connectivity index (χ1n) is 9.55. The van der Waals surface area contributed by atoms with Gasteiger partial charge in [0.15, 0.2) is 0 Å². The molecule has 0 saturated carbocycles. The first kappa shape index (κ1) is 17.5. The summed E-state index contributed by atoms with van der Waals surface area (Å²) in [4.78, 5) is 32.9. The van der Waals surface area contributed by atoms with E-state index in [-0.39, 0.29) is 5.91 Å². The van der Waals surface area contributed by atoms with Crippen molar-refractivity contribution in [3.05, 3.63) is 48.2 Å². The fourth-order valence-electron chi connectivity index (χ4n) is 3.69. The predicted molar refractivity (Wildman–Crippen MR) is 103 cm³/mol. The highest BCUT2D eigenvalue weighted by atomic mass is 16.5. The number of nitrogens with zero attached hydrogens (tertiary/aromatic N) is 3. The molecule has 3 heterocycles. The molecule has 0 spiro atoms. The number of amides is 1. The molecule has 2 aromatic rings. The van der Waals surface area contributed by atoms with Gasteiger partial charge in [0, 0.05) is 37.9 Å². The number of hydrogen-bond donors (Lipinski definition) is 0. The van der Waals surface area contributed by atoms with Crippen LogP contribution in [0.2, 0.25) is 0 Å². The molecule has 4 rings (SSSR count). The average molecular weight is 365 g/mol. The van der Waals surface area contributed by atoms with Crippen molar-refractivity contribution in [2.75, 3.05) is 29.4 Å². The van der Waals surface area contributed by atoms with Crippen LogP contribution in [0.15, 0.2) is 42.6 Å². The van der Waals surface area contributed by atoms with Gasteiger partial charge in [-0.3, -0.25) is 4.79 Å². The van der Waals surface area contributed by atoms with Gasteiger partial charge >= 0.3 is 5.97 Å². The van der Waals surface area contributed by atoms with Crippen LogP contribution in [0.25, 0.3) is 0 Å². The van der Waals surface area contributed by atoms with Gasteiger partial charge in [0.1, 0.15) is 17.1 Å². The highest BCUT2D eigenvalue weighted by Gasteiger charge is 2.23. The number of aromatic nitrogens is 1. The van der Waals surface area contributed by atoms with E-state index in [1.54, 1.807) is 35.4 Å². The lowest BCUT2D eigenvalue weighted by Gasteiger charge is -2.28. The van der Waals surface area contributed by atoms with Crippen LogP contribution in [0.1, 0.15) is 42.5 Å². The molecule has 6 heteroatoms. The maximum atomic E-state index is 12.7. The largest absolute Gasteiger partial charge is 0.423 e. The number of carbonyl (C=O) groups is 2. The van der Waals surface area contributed by atoms with E-state index in [1.165, 1.54) is 6.42 Å². The quantitative estimate of drug-likeness (QED) is 0.614. The third-order valence-corrected chi connectivity index (χ3v) is 5.09. The van der Waals surface area contributed by atoms with Crippen LogP contribution in [-0.4, -0.2) is 36.5 Å². The summed E-state index contributed by atoms with van der Waals surface area (Å²) in [5.74, 6) is 0.889. The van der Waals surface area contributed by atoms with Crippen LogP contribution < -0.4 is 14.5 Å². The van der Waals surface area contributed by atoms with Crippen molar-refractivity contribution in [3.8, 4) is 5.75 Å². The van der Waals surface area contributed by atoms with Gasteiger partial charge in [-0.2, -0.15) is 0 Å². The summed E-state index contributed by atoms with van der Waals surface area (Å²) in [7, 11) is 0. The van der Waals surface area contributed by atoms with E-state index >= 15 is 0 Å². The van der Waals surface area contributed by atoms with Gasteiger partial charge in [0.2, 0.25) is 5.91 Å². The minimum Gasteiger partial charge on any atom is -0.423 e. The molecule has 2 aliphatic heterocycles. The Labute approximate surface area is 158 Å². The van der Waals surface area contributed by atoms with E-state index in [1.807, 2.05) is 12.1 Å². The van der Waals surface area contributed by atoms with E-state index in [0.29, 0.717) is 23.6 Å². The highest BCUT2D eigenvalue weighted by molar-refractivity contribution is 5.97. The van der Waals surface area contributed by atoms with Crippen molar-refractivity contribution < 1.29 is 14.3 Å². The molecule has 2 saturated heterocycles. The Bertz CT molecular complexity index is 829. The van der Waals surface area contributed by atoms with Crippen LogP contribution in [-0.2, 0) is 4.79 Å². The average Bonchev–Trinajstić information content (AvgIpc) is 3.15. The number of ether oxygens (including phenoxy) is 1. The summed E-state index contributed by atoms with van der Waals surface area (Å²) in [6, 6.07) is 10.6. The normalized spacial score (nSPS) is 17.3. The van der Waals surface area contributed by atoms with Crippen molar-refractivity contribution >= 4 is 23.4 Å². The molecule has 1 aromatic heterocycles. The van der Waals surface area contributed by atoms with Crippen molar-refractivity contribution in [1.29, 1.82) is 0 Å². The summed E-state index contributed by atoms with van der Waals surface area (Å²) >= 11 is 0. The first-order valence-corrected chi connectivity index (χ1v) is 9.55. The van der Waals surface area contributed by atoms with Crippen LogP contribution in [0.4, 0.5) is 11.5 Å². The molecular weight excluding hydrogens is 342 g/mol. The highest BCUT2D eigenvalue weighted by Crippen LogP contribution is 2.26. The van der Waals surface area contributed by atoms with Gasteiger partial charge in [-0.1, -0.05) is 0 Å². The number of pyridine rings is 1. The Morgan fingerprint density at radius 3 is 2.44 bits per heavy atom. The van der Waals surface area contributed by atoms with Gasteiger partial charge in [-0.25, -0.2) is 9.78 Å². The Kier molecular flexibility index (Phi) is 5.05. The molecular formula is C21H23N3O3. The fourth-order valence-corrected chi connectivity index (χ4v) is 3.69. The maximum Gasteiger partial charge on any atom is 0.347 e. The van der Waals surface area contributed by atoms with E-state index in [9.17, 15) is 9.59 Å². The number of carbonyl (C=O) groups excluding carboxylic acids is 2. The van der Waals surface area contributed by atoms with Gasteiger partial charge in [-0.15, -0.1) is 0 Å². The zero-order chi connectivity index (χ0) is 18.6. The minimum atomic E-state index is -0.409. The van der Waals surface area contributed by atoms with Gasteiger partial charge in [0.05, 0.1) is 0 Å². The predicted octanol–water partition coefficient (Wildman–Crippen LogP) is 3.42. The molecule has 2 aliphatic rings. The van der Waals surface area contributed by atoms with E-state index in [4.69, 9.17) is 4.74 Å². The molecule has 0 N–H and O–H groups in total. The molecule has 1 aromatic carbocycles. The van der Waals surface area contributed by atoms with E-state index < -0.39 is 5.97 Å². The van der Waals surface area contributed by atoms with Crippen molar-refractivity contribution in [2.45, 2.75) is 32.1 Å². The van der Waals surface area contributed by atoms with Crippen molar-refractivity contribution in [1.82, 2.24) is 4.98 Å². The second-order valence-electron chi connectivity index (χ2n) is 6.95. The smallest absolute Gasteiger partial charge is 0.347 e. The minimum absolute atomic E-state index is 0.140. The summed E-state index contributed by atoms with van der Waals surface area (Å²) in [6.45, 7) is 2.57. The molecule has 0 aliphatic carbocycles.